The Kier molecular flexibility index (Phi) is 4.33. The maximum atomic E-state index is 13.2. The maximum Gasteiger partial charge on any atom is 0.155 e. The van der Waals surface area contributed by atoms with Crippen LogP contribution in [0.1, 0.15) is 17.9 Å². The van der Waals surface area contributed by atoms with Crippen LogP contribution in [0, 0.1) is 5.82 Å². The molecule has 0 radical (unpaired) electrons. The minimum atomic E-state index is -0.282. The Bertz CT molecular complexity index is 836. The van der Waals surface area contributed by atoms with E-state index in [-0.39, 0.29) is 17.5 Å². The zero-order valence-corrected chi connectivity index (χ0v) is 12.7. The number of para-hydroxylation sites is 2. The van der Waals surface area contributed by atoms with E-state index in [1.165, 1.54) is 18.2 Å². The number of hydrogen-bond donors (Lipinski definition) is 0. The number of fused-ring (bicyclic) bond motifs is 1. The highest BCUT2D eigenvalue weighted by Crippen LogP contribution is 2.25. The lowest BCUT2D eigenvalue weighted by molar-refractivity contribution is -0.115. The van der Waals surface area contributed by atoms with Crippen LogP contribution < -0.4 is 0 Å². The van der Waals surface area contributed by atoms with E-state index in [9.17, 15) is 9.18 Å². The van der Waals surface area contributed by atoms with Crippen molar-refractivity contribution >= 4 is 16.8 Å². The minimum absolute atomic E-state index is 0.0243. The number of aromatic nitrogens is 2. The molecule has 0 aliphatic carbocycles. The molecule has 3 rings (SSSR count). The van der Waals surface area contributed by atoms with Crippen LogP contribution in [0.2, 0.25) is 0 Å². The standard InChI is InChI=1S/C19H17FN2O/c1-2-17(23)11-15(14-7-9-16(20)10-8-14)12-22-13-21-18-5-3-4-6-19(18)22/h2-10,13,15H,1,11-12H2. The number of benzene rings is 2. The topological polar surface area (TPSA) is 34.9 Å². The van der Waals surface area contributed by atoms with Crippen molar-refractivity contribution in [3.8, 4) is 0 Å². The zero-order valence-electron chi connectivity index (χ0n) is 12.7. The van der Waals surface area contributed by atoms with Crippen molar-refractivity contribution in [2.75, 3.05) is 0 Å². The van der Waals surface area contributed by atoms with E-state index in [1.807, 2.05) is 28.8 Å². The van der Waals surface area contributed by atoms with Crippen molar-refractivity contribution in [2.24, 2.45) is 0 Å². The quantitative estimate of drug-likeness (QED) is 0.642. The Hall–Kier alpha value is -2.75. The fourth-order valence-corrected chi connectivity index (χ4v) is 2.74. The fraction of sp³-hybridized carbons (Fsp3) is 0.158. The van der Waals surface area contributed by atoms with Gasteiger partial charge in [0.15, 0.2) is 5.78 Å². The molecule has 3 nitrogen and oxygen atoms in total. The van der Waals surface area contributed by atoms with Gasteiger partial charge >= 0.3 is 0 Å². The number of imidazole rings is 1. The van der Waals surface area contributed by atoms with E-state index >= 15 is 0 Å². The van der Waals surface area contributed by atoms with Gasteiger partial charge in [-0.1, -0.05) is 30.8 Å². The van der Waals surface area contributed by atoms with Crippen LogP contribution in [0.5, 0.6) is 0 Å². The van der Waals surface area contributed by atoms with Gasteiger partial charge in [0.1, 0.15) is 5.82 Å². The molecule has 1 unspecified atom stereocenters. The second-order valence-electron chi connectivity index (χ2n) is 5.51. The first kappa shape index (κ1) is 15.2. The number of allylic oxidation sites excluding steroid dienone is 1. The van der Waals surface area contributed by atoms with E-state index in [0.29, 0.717) is 13.0 Å². The molecular formula is C19H17FN2O. The molecule has 1 atom stereocenters. The van der Waals surface area contributed by atoms with Gasteiger partial charge in [-0.15, -0.1) is 0 Å². The maximum absolute atomic E-state index is 13.2. The predicted molar refractivity (Wildman–Crippen MR) is 88.7 cm³/mol. The summed E-state index contributed by atoms with van der Waals surface area (Å²) in [6.45, 7) is 4.14. The molecule has 23 heavy (non-hydrogen) atoms. The fourth-order valence-electron chi connectivity index (χ4n) is 2.74. The zero-order chi connectivity index (χ0) is 16.2. The largest absolute Gasteiger partial charge is 0.330 e. The van der Waals surface area contributed by atoms with Crippen LogP contribution in [-0.2, 0) is 11.3 Å². The highest BCUT2D eigenvalue weighted by Gasteiger charge is 2.17. The van der Waals surface area contributed by atoms with Gasteiger partial charge in [0.05, 0.1) is 17.4 Å². The Morgan fingerprint density at radius 2 is 1.96 bits per heavy atom. The first-order valence-electron chi connectivity index (χ1n) is 7.48. The van der Waals surface area contributed by atoms with Gasteiger partial charge < -0.3 is 4.57 Å². The van der Waals surface area contributed by atoms with Crippen LogP contribution in [0.4, 0.5) is 4.39 Å². The van der Waals surface area contributed by atoms with Gasteiger partial charge in [-0.2, -0.15) is 0 Å². The number of carbonyl (C=O) groups excluding carboxylic acids is 1. The molecule has 3 aromatic rings. The number of hydrogen-bond acceptors (Lipinski definition) is 2. The van der Waals surface area contributed by atoms with Crippen LogP contribution >= 0.6 is 0 Å². The van der Waals surface area contributed by atoms with Gasteiger partial charge in [0.2, 0.25) is 0 Å². The highest BCUT2D eigenvalue weighted by molar-refractivity contribution is 5.89. The van der Waals surface area contributed by atoms with E-state index < -0.39 is 0 Å². The molecule has 0 amide bonds. The Morgan fingerprint density at radius 3 is 2.70 bits per heavy atom. The molecule has 0 aliphatic heterocycles. The lowest BCUT2D eigenvalue weighted by atomic mass is 9.93. The van der Waals surface area contributed by atoms with E-state index in [1.54, 1.807) is 18.5 Å². The monoisotopic (exact) mass is 308 g/mol. The third kappa shape index (κ3) is 3.37. The van der Waals surface area contributed by atoms with Crippen LogP contribution in [-0.4, -0.2) is 15.3 Å². The molecule has 0 fully saturated rings. The second-order valence-corrected chi connectivity index (χ2v) is 5.51. The summed E-state index contributed by atoms with van der Waals surface area (Å²) in [6.07, 6.45) is 3.45. The number of carbonyl (C=O) groups is 1. The lowest BCUT2D eigenvalue weighted by Crippen LogP contribution is -2.12. The van der Waals surface area contributed by atoms with Gasteiger partial charge in [0.25, 0.3) is 0 Å². The van der Waals surface area contributed by atoms with E-state index in [2.05, 4.69) is 11.6 Å². The molecule has 0 N–H and O–H groups in total. The normalized spacial score (nSPS) is 12.2. The van der Waals surface area contributed by atoms with Gasteiger partial charge in [0, 0.05) is 18.9 Å². The summed E-state index contributed by atoms with van der Waals surface area (Å²) in [6, 6.07) is 14.2. The third-order valence-corrected chi connectivity index (χ3v) is 3.96. The van der Waals surface area contributed by atoms with Crippen molar-refractivity contribution in [3.05, 3.63) is 78.9 Å². The molecule has 1 heterocycles. The van der Waals surface area contributed by atoms with Crippen LogP contribution in [0.25, 0.3) is 11.0 Å². The Morgan fingerprint density at radius 1 is 1.22 bits per heavy atom. The number of ketones is 1. The van der Waals surface area contributed by atoms with Gasteiger partial charge in [-0.05, 0) is 35.9 Å². The summed E-state index contributed by atoms with van der Waals surface area (Å²) in [5.41, 5.74) is 2.87. The molecule has 4 heteroatoms. The summed E-state index contributed by atoms with van der Waals surface area (Å²) >= 11 is 0. The summed E-state index contributed by atoms with van der Waals surface area (Å²) < 4.78 is 15.2. The SMILES string of the molecule is C=CC(=O)CC(Cn1cnc2ccccc21)c1ccc(F)cc1. The molecule has 0 spiro atoms. The summed E-state index contributed by atoms with van der Waals surface area (Å²) in [5.74, 6) is -0.363. The van der Waals surface area contributed by atoms with Crippen molar-refractivity contribution in [2.45, 2.75) is 18.9 Å². The molecule has 0 aliphatic rings. The molecule has 0 saturated heterocycles. The van der Waals surface area contributed by atoms with Crippen LogP contribution in [0.15, 0.2) is 67.5 Å². The Balaban J connectivity index is 1.93. The Labute approximate surface area is 134 Å². The predicted octanol–water partition coefficient (Wildman–Crippen LogP) is 4.10. The van der Waals surface area contributed by atoms with Crippen molar-refractivity contribution < 1.29 is 9.18 Å². The third-order valence-electron chi connectivity index (χ3n) is 3.96. The van der Waals surface area contributed by atoms with Crippen molar-refractivity contribution in [1.82, 2.24) is 9.55 Å². The summed E-state index contributed by atoms with van der Waals surface area (Å²) in [7, 11) is 0. The molecule has 1 aromatic heterocycles. The van der Waals surface area contributed by atoms with Gasteiger partial charge in [-0.3, -0.25) is 4.79 Å². The lowest BCUT2D eigenvalue weighted by Gasteiger charge is -2.17. The van der Waals surface area contributed by atoms with E-state index in [4.69, 9.17) is 0 Å². The highest BCUT2D eigenvalue weighted by atomic mass is 19.1. The number of rotatable bonds is 6. The summed E-state index contributed by atoms with van der Waals surface area (Å²) in [5, 5.41) is 0. The molecular weight excluding hydrogens is 291 g/mol. The summed E-state index contributed by atoms with van der Waals surface area (Å²) in [4.78, 5) is 16.2. The molecule has 2 aromatic carbocycles. The number of halogens is 1. The number of nitrogens with zero attached hydrogens (tertiary/aromatic N) is 2. The second kappa shape index (κ2) is 6.57. The van der Waals surface area contributed by atoms with E-state index in [0.717, 1.165) is 16.6 Å². The van der Waals surface area contributed by atoms with Crippen molar-refractivity contribution in [1.29, 1.82) is 0 Å². The molecule has 116 valence electrons. The molecule has 0 saturated carbocycles. The van der Waals surface area contributed by atoms with Crippen LogP contribution in [0.3, 0.4) is 0 Å². The first-order valence-corrected chi connectivity index (χ1v) is 7.48. The smallest absolute Gasteiger partial charge is 0.155 e. The van der Waals surface area contributed by atoms with Crippen molar-refractivity contribution in [3.63, 3.8) is 0 Å². The first-order chi connectivity index (χ1) is 11.2. The van der Waals surface area contributed by atoms with Gasteiger partial charge in [-0.25, -0.2) is 9.37 Å². The minimum Gasteiger partial charge on any atom is -0.330 e. The average molecular weight is 308 g/mol. The average Bonchev–Trinajstić information content (AvgIpc) is 2.98. The molecule has 0 bridgehead atoms.